The molecular formula is C18H16O4. The maximum Gasteiger partial charge on any atom is 0.343 e. The summed E-state index contributed by atoms with van der Waals surface area (Å²) >= 11 is 0. The Morgan fingerprint density at radius 2 is 1.50 bits per heavy atom. The average molecular weight is 296 g/mol. The van der Waals surface area contributed by atoms with Gasteiger partial charge in [-0.05, 0) is 12.5 Å². The summed E-state index contributed by atoms with van der Waals surface area (Å²) in [6, 6.07) is 18.1. The van der Waals surface area contributed by atoms with Gasteiger partial charge in [-0.25, -0.2) is 4.79 Å². The molecule has 0 aliphatic rings. The van der Waals surface area contributed by atoms with E-state index < -0.39 is 11.8 Å². The van der Waals surface area contributed by atoms with Gasteiger partial charge in [0.15, 0.2) is 5.78 Å². The van der Waals surface area contributed by atoms with Crippen molar-refractivity contribution in [1.82, 2.24) is 0 Å². The number of hydrogen-bond acceptors (Lipinski definition) is 3. The molecule has 0 radical (unpaired) electrons. The molecule has 0 aliphatic heterocycles. The van der Waals surface area contributed by atoms with Gasteiger partial charge in [-0.3, -0.25) is 4.79 Å². The second kappa shape index (κ2) is 7.22. The Balaban J connectivity index is 2.40. The van der Waals surface area contributed by atoms with Crippen LogP contribution in [0.25, 0.3) is 5.76 Å². The molecule has 0 heterocycles. The Labute approximate surface area is 128 Å². The van der Waals surface area contributed by atoms with Crippen molar-refractivity contribution in [2.75, 3.05) is 0 Å². The number of carbonyl (C=O) groups excluding carboxylic acids is 1. The quantitative estimate of drug-likeness (QED) is 0.384. The van der Waals surface area contributed by atoms with Gasteiger partial charge in [0.25, 0.3) is 0 Å². The molecule has 0 bridgehead atoms. The second-order valence-corrected chi connectivity index (χ2v) is 4.71. The summed E-state index contributed by atoms with van der Waals surface area (Å²) in [5, 5.41) is 9.31. The third-order valence-corrected chi connectivity index (χ3v) is 3.05. The summed E-state index contributed by atoms with van der Waals surface area (Å²) in [7, 11) is 0. The van der Waals surface area contributed by atoms with Crippen molar-refractivity contribution in [3.63, 3.8) is 0 Å². The van der Waals surface area contributed by atoms with Crippen molar-refractivity contribution in [3.8, 4) is 0 Å². The third kappa shape index (κ3) is 3.82. The zero-order chi connectivity index (χ0) is 15.9. The number of carboxylic acids is 1. The molecule has 0 atom stereocenters. The highest BCUT2D eigenvalue weighted by molar-refractivity contribution is 6.20. The molecule has 0 amide bonds. The van der Waals surface area contributed by atoms with E-state index in [-0.39, 0.29) is 17.9 Å². The number of carboxylic acid groups (broad SMARTS) is 1. The lowest BCUT2D eigenvalue weighted by Gasteiger charge is -2.13. The Kier molecular flexibility index (Phi) is 5.09. The van der Waals surface area contributed by atoms with Crippen molar-refractivity contribution >= 4 is 17.5 Å². The minimum atomic E-state index is -1.29. The topological polar surface area (TPSA) is 63.6 Å². The van der Waals surface area contributed by atoms with Crippen molar-refractivity contribution in [1.29, 1.82) is 0 Å². The van der Waals surface area contributed by atoms with Gasteiger partial charge in [0.2, 0.25) is 0 Å². The summed E-state index contributed by atoms with van der Waals surface area (Å²) in [6.07, 6.45) is 0. The molecule has 2 aromatic rings. The van der Waals surface area contributed by atoms with Crippen LogP contribution in [0.5, 0.6) is 0 Å². The minimum Gasteiger partial charge on any atom is -0.487 e. The minimum absolute atomic E-state index is 0.0875. The standard InChI is InChI=1S/C18H16O4/c1-13(19)16(18(20)21)17(15-10-6-3-7-11-15)22-12-14-8-4-2-5-9-14/h2-11H,12H2,1H3,(H,20,21). The highest BCUT2D eigenvalue weighted by Gasteiger charge is 2.22. The lowest BCUT2D eigenvalue weighted by molar-refractivity contribution is -0.134. The fraction of sp³-hybridized carbons (Fsp3) is 0.111. The number of carbonyl (C=O) groups is 2. The molecule has 2 rings (SSSR count). The largest absolute Gasteiger partial charge is 0.487 e. The molecule has 2 aromatic carbocycles. The average Bonchev–Trinajstić information content (AvgIpc) is 2.52. The Morgan fingerprint density at radius 1 is 0.955 bits per heavy atom. The van der Waals surface area contributed by atoms with E-state index in [1.54, 1.807) is 24.3 Å². The van der Waals surface area contributed by atoms with Gasteiger partial charge in [0.1, 0.15) is 17.9 Å². The lowest BCUT2D eigenvalue weighted by Crippen LogP contribution is -2.13. The van der Waals surface area contributed by atoms with Crippen molar-refractivity contribution in [2.45, 2.75) is 13.5 Å². The molecule has 0 aliphatic carbocycles. The highest BCUT2D eigenvalue weighted by atomic mass is 16.5. The Bertz CT molecular complexity index is 672. The number of ketones is 1. The molecule has 4 heteroatoms. The van der Waals surface area contributed by atoms with E-state index in [9.17, 15) is 14.7 Å². The molecule has 1 N–H and O–H groups in total. The fourth-order valence-corrected chi connectivity index (χ4v) is 2.03. The number of hydrogen-bond donors (Lipinski definition) is 1. The lowest BCUT2D eigenvalue weighted by atomic mass is 10.1. The first-order valence-electron chi connectivity index (χ1n) is 6.80. The second-order valence-electron chi connectivity index (χ2n) is 4.71. The molecule has 0 aromatic heterocycles. The van der Waals surface area contributed by atoms with E-state index in [2.05, 4.69) is 0 Å². The number of ether oxygens (including phenoxy) is 1. The van der Waals surface area contributed by atoms with Gasteiger partial charge in [0, 0.05) is 5.56 Å². The predicted octanol–water partition coefficient (Wildman–Crippen LogP) is 3.29. The maximum atomic E-state index is 11.7. The van der Waals surface area contributed by atoms with Gasteiger partial charge in [-0.1, -0.05) is 60.7 Å². The van der Waals surface area contributed by atoms with Crippen LogP contribution >= 0.6 is 0 Å². The smallest absolute Gasteiger partial charge is 0.343 e. The van der Waals surface area contributed by atoms with Gasteiger partial charge in [0.05, 0.1) is 0 Å². The Morgan fingerprint density at radius 3 is 2.00 bits per heavy atom. The summed E-state index contributed by atoms with van der Waals surface area (Å²) in [5.41, 5.74) is 1.11. The SMILES string of the molecule is CC(=O)C(C(=O)O)=C(OCc1ccccc1)c1ccccc1. The van der Waals surface area contributed by atoms with E-state index in [0.717, 1.165) is 5.56 Å². The van der Waals surface area contributed by atoms with Crippen LogP contribution in [0.4, 0.5) is 0 Å². The first-order chi connectivity index (χ1) is 10.6. The number of Topliss-reactive ketones (excluding diaryl/α,β-unsaturated/α-hetero) is 1. The molecule has 112 valence electrons. The summed E-state index contributed by atoms with van der Waals surface area (Å²) in [6.45, 7) is 1.41. The molecule has 0 spiro atoms. The van der Waals surface area contributed by atoms with Crippen molar-refractivity contribution in [2.24, 2.45) is 0 Å². The molecule has 0 saturated carbocycles. The predicted molar refractivity (Wildman–Crippen MR) is 82.9 cm³/mol. The summed E-state index contributed by atoms with van der Waals surface area (Å²) in [4.78, 5) is 23.1. The van der Waals surface area contributed by atoms with E-state index >= 15 is 0 Å². The molecular weight excluding hydrogens is 280 g/mol. The first-order valence-corrected chi connectivity index (χ1v) is 6.80. The zero-order valence-corrected chi connectivity index (χ0v) is 12.2. The highest BCUT2D eigenvalue weighted by Crippen LogP contribution is 2.23. The molecule has 0 saturated heterocycles. The molecule has 0 unspecified atom stereocenters. The van der Waals surface area contributed by atoms with Crippen LogP contribution in [0.1, 0.15) is 18.1 Å². The molecule has 22 heavy (non-hydrogen) atoms. The van der Waals surface area contributed by atoms with Gasteiger partial charge in [-0.15, -0.1) is 0 Å². The first kappa shape index (κ1) is 15.5. The van der Waals surface area contributed by atoms with E-state index in [0.29, 0.717) is 5.56 Å². The van der Waals surface area contributed by atoms with Crippen LogP contribution in [0, 0.1) is 0 Å². The van der Waals surface area contributed by atoms with Gasteiger partial charge < -0.3 is 9.84 Å². The van der Waals surface area contributed by atoms with Crippen LogP contribution in [-0.2, 0) is 20.9 Å². The normalized spacial score (nSPS) is 11.5. The maximum absolute atomic E-state index is 11.7. The van der Waals surface area contributed by atoms with Crippen molar-refractivity contribution < 1.29 is 19.4 Å². The monoisotopic (exact) mass is 296 g/mol. The van der Waals surface area contributed by atoms with Crippen LogP contribution in [0.2, 0.25) is 0 Å². The van der Waals surface area contributed by atoms with E-state index in [1.165, 1.54) is 6.92 Å². The molecule has 0 fully saturated rings. The number of benzene rings is 2. The zero-order valence-electron chi connectivity index (χ0n) is 12.2. The Hall–Kier alpha value is -2.88. The third-order valence-electron chi connectivity index (χ3n) is 3.05. The van der Waals surface area contributed by atoms with Crippen LogP contribution in [0.15, 0.2) is 66.2 Å². The summed E-state index contributed by atoms with van der Waals surface area (Å²) in [5.74, 6) is -1.75. The molecule has 4 nitrogen and oxygen atoms in total. The van der Waals surface area contributed by atoms with E-state index in [4.69, 9.17) is 4.74 Å². The number of rotatable bonds is 6. The number of aliphatic carboxylic acids is 1. The van der Waals surface area contributed by atoms with Crippen LogP contribution < -0.4 is 0 Å². The van der Waals surface area contributed by atoms with E-state index in [1.807, 2.05) is 36.4 Å². The van der Waals surface area contributed by atoms with Gasteiger partial charge >= 0.3 is 5.97 Å². The van der Waals surface area contributed by atoms with Crippen LogP contribution in [-0.4, -0.2) is 16.9 Å². The fourth-order valence-electron chi connectivity index (χ4n) is 2.03. The van der Waals surface area contributed by atoms with Crippen LogP contribution in [0.3, 0.4) is 0 Å². The van der Waals surface area contributed by atoms with Gasteiger partial charge in [-0.2, -0.15) is 0 Å². The van der Waals surface area contributed by atoms with Crippen molar-refractivity contribution in [3.05, 3.63) is 77.4 Å². The summed E-state index contributed by atoms with van der Waals surface area (Å²) < 4.78 is 5.68.